The van der Waals surface area contributed by atoms with Crippen molar-refractivity contribution in [1.82, 2.24) is 4.90 Å². The number of rotatable bonds is 5. The molecule has 1 N–H and O–H groups in total. The number of urea groups is 1. The molecule has 2 aromatic carbocycles. The average Bonchev–Trinajstić information content (AvgIpc) is 3.00. The number of nitrogens with one attached hydrogen (secondary N) is 1. The maximum atomic E-state index is 13.3. The number of hydrogen-bond acceptors (Lipinski definition) is 3. The van der Waals surface area contributed by atoms with Crippen molar-refractivity contribution in [2.45, 2.75) is 37.1 Å². The Hall–Kier alpha value is -1.82. The second kappa shape index (κ2) is 10.5. The first-order valence-electron chi connectivity index (χ1n) is 11.1. The summed E-state index contributed by atoms with van der Waals surface area (Å²) < 4.78 is 5.23. The average molecular weight is 426 g/mol. The normalized spacial score (nSPS) is 21.7. The molecule has 0 atom stereocenters. The third kappa shape index (κ3) is 5.45. The molecule has 30 heavy (non-hydrogen) atoms. The predicted molar refractivity (Wildman–Crippen MR) is 122 cm³/mol. The summed E-state index contributed by atoms with van der Waals surface area (Å²) in [5.74, 6) is 1.67. The smallest absolute Gasteiger partial charge is 0.384 e. The van der Waals surface area contributed by atoms with Crippen LogP contribution in [0.15, 0.2) is 53.4 Å². The summed E-state index contributed by atoms with van der Waals surface area (Å²) >= 11 is 1.88. The number of carbonyl (C=O) groups excluding carboxylic acids is 1. The molecular weight excluding hydrogens is 392 g/mol. The lowest BCUT2D eigenvalue weighted by atomic mass is 9.90. The number of quaternary nitrogens is 1. The summed E-state index contributed by atoms with van der Waals surface area (Å²) in [5.41, 5.74) is 4.00. The Balaban J connectivity index is 1.34. The fraction of sp³-hybridized carbons (Fsp3) is 0.480. The fourth-order valence-corrected chi connectivity index (χ4v) is 5.62. The molecule has 2 aliphatic heterocycles. The van der Waals surface area contributed by atoms with Gasteiger partial charge in [0.05, 0.1) is 26.2 Å². The van der Waals surface area contributed by atoms with Crippen LogP contribution in [0.5, 0.6) is 0 Å². The molecule has 0 aliphatic carbocycles. The van der Waals surface area contributed by atoms with Crippen molar-refractivity contribution < 1.29 is 14.4 Å². The molecule has 0 spiro atoms. The topological polar surface area (TPSA) is 34.0 Å². The van der Waals surface area contributed by atoms with Crippen molar-refractivity contribution in [3.63, 3.8) is 0 Å². The molecule has 160 valence electrons. The largest absolute Gasteiger partial charge is 0.417 e. The summed E-state index contributed by atoms with van der Waals surface area (Å²) in [4.78, 5) is 17.9. The van der Waals surface area contributed by atoms with E-state index >= 15 is 0 Å². The summed E-state index contributed by atoms with van der Waals surface area (Å²) in [6, 6.07) is 17.7. The van der Waals surface area contributed by atoms with Crippen LogP contribution in [0.4, 0.5) is 4.79 Å². The number of nitrogens with zero attached hydrogens (tertiary/aromatic N) is 1. The third-order valence-electron chi connectivity index (χ3n) is 6.37. The van der Waals surface area contributed by atoms with Gasteiger partial charge in [0.15, 0.2) is 0 Å². The molecule has 2 aliphatic rings. The molecule has 1 fully saturated rings. The highest BCUT2D eigenvalue weighted by Gasteiger charge is 2.32. The molecule has 0 aromatic heterocycles. The van der Waals surface area contributed by atoms with Crippen molar-refractivity contribution in [3.8, 4) is 0 Å². The van der Waals surface area contributed by atoms with E-state index in [9.17, 15) is 4.79 Å². The van der Waals surface area contributed by atoms with E-state index in [1.54, 1.807) is 7.11 Å². The minimum atomic E-state index is 0.295. The number of ether oxygens (including phenoxy) is 1. The van der Waals surface area contributed by atoms with Gasteiger partial charge in [0.2, 0.25) is 0 Å². The van der Waals surface area contributed by atoms with Crippen LogP contribution in [0.25, 0.3) is 0 Å². The minimum Gasteiger partial charge on any atom is -0.384 e. The Morgan fingerprint density at radius 3 is 2.70 bits per heavy atom. The molecule has 4 rings (SSSR count). The van der Waals surface area contributed by atoms with Crippen LogP contribution in [-0.2, 0) is 24.1 Å². The first-order valence-corrected chi connectivity index (χ1v) is 12.1. The Labute approximate surface area is 184 Å². The molecule has 1 saturated heterocycles. The van der Waals surface area contributed by atoms with Crippen molar-refractivity contribution in [1.29, 1.82) is 0 Å². The highest BCUT2D eigenvalue weighted by molar-refractivity contribution is 7.99. The van der Waals surface area contributed by atoms with Crippen LogP contribution >= 0.6 is 11.8 Å². The van der Waals surface area contributed by atoms with Crippen LogP contribution in [-0.4, -0.2) is 50.0 Å². The standard InChI is InChI=1S/C25H32N2O2S/c1-29-15-11-21-7-8-24-23(18-21)19-27(14-16-30-24)25(28)26-12-9-22(10-13-26)17-20-5-3-2-4-6-20/h2-8,18,22H,9-17,19H2,1H3/p+1. The van der Waals surface area contributed by atoms with Crippen molar-refractivity contribution in [2.24, 2.45) is 5.92 Å². The Morgan fingerprint density at radius 1 is 1.13 bits per heavy atom. The zero-order valence-electron chi connectivity index (χ0n) is 17.9. The van der Waals surface area contributed by atoms with Gasteiger partial charge in [-0.15, -0.1) is 11.8 Å². The Kier molecular flexibility index (Phi) is 7.47. The maximum Gasteiger partial charge on any atom is 0.417 e. The molecule has 5 heteroatoms. The molecule has 0 unspecified atom stereocenters. The third-order valence-corrected chi connectivity index (χ3v) is 7.46. The predicted octanol–water partition coefficient (Wildman–Crippen LogP) is 3.44. The van der Waals surface area contributed by atoms with E-state index in [1.165, 1.54) is 21.6 Å². The van der Waals surface area contributed by atoms with Crippen LogP contribution in [0, 0.1) is 5.92 Å². The molecule has 2 aromatic rings. The number of piperidine rings is 1. The van der Waals surface area contributed by atoms with E-state index in [1.807, 2.05) is 11.8 Å². The second-order valence-corrected chi connectivity index (χ2v) is 9.63. The number of hydrogen-bond donors (Lipinski definition) is 1. The number of amides is 2. The number of methoxy groups -OCH3 is 1. The van der Waals surface area contributed by atoms with E-state index in [0.717, 1.165) is 69.1 Å². The van der Waals surface area contributed by atoms with E-state index < -0.39 is 0 Å². The SMILES string of the molecule is COCCc1ccc2c(c1)CN(C(=O)[NH+]1CCC(Cc3ccccc3)CC1)CCS2. The first-order chi connectivity index (χ1) is 14.7. The van der Waals surface area contributed by atoms with Crippen LogP contribution in [0.1, 0.15) is 29.5 Å². The summed E-state index contributed by atoms with van der Waals surface area (Å²) in [6.45, 7) is 4.22. The van der Waals surface area contributed by atoms with E-state index in [2.05, 4.69) is 53.4 Å². The fourth-order valence-electron chi connectivity index (χ4n) is 4.61. The Morgan fingerprint density at radius 2 is 1.93 bits per heavy atom. The maximum absolute atomic E-state index is 13.3. The minimum absolute atomic E-state index is 0.295. The van der Waals surface area contributed by atoms with Gasteiger partial charge in [-0.05, 0) is 41.5 Å². The number of likely N-dealkylation sites (tertiary alicyclic amines) is 1. The van der Waals surface area contributed by atoms with Gasteiger partial charge in [-0.1, -0.05) is 42.5 Å². The van der Waals surface area contributed by atoms with Gasteiger partial charge in [0.25, 0.3) is 0 Å². The van der Waals surface area contributed by atoms with Gasteiger partial charge in [0, 0.05) is 37.1 Å². The molecule has 2 heterocycles. The van der Waals surface area contributed by atoms with Crippen LogP contribution in [0.2, 0.25) is 0 Å². The lowest BCUT2D eigenvalue weighted by Gasteiger charge is -2.31. The quantitative estimate of drug-likeness (QED) is 0.797. The lowest BCUT2D eigenvalue weighted by Crippen LogP contribution is -3.16. The van der Waals surface area contributed by atoms with E-state index in [-0.39, 0.29) is 0 Å². The molecule has 0 radical (unpaired) electrons. The van der Waals surface area contributed by atoms with Gasteiger partial charge in [0.1, 0.15) is 0 Å². The van der Waals surface area contributed by atoms with Crippen LogP contribution < -0.4 is 4.90 Å². The monoisotopic (exact) mass is 425 g/mol. The summed E-state index contributed by atoms with van der Waals surface area (Å²) in [6.07, 6.45) is 4.33. The van der Waals surface area contributed by atoms with E-state index in [4.69, 9.17) is 4.74 Å². The van der Waals surface area contributed by atoms with Gasteiger partial charge >= 0.3 is 6.03 Å². The van der Waals surface area contributed by atoms with Gasteiger partial charge < -0.3 is 4.74 Å². The first kappa shape index (κ1) is 21.4. The van der Waals surface area contributed by atoms with Gasteiger partial charge in [-0.25, -0.2) is 4.79 Å². The van der Waals surface area contributed by atoms with Gasteiger partial charge in [-0.2, -0.15) is 0 Å². The van der Waals surface area contributed by atoms with Crippen molar-refractivity contribution in [2.75, 3.05) is 39.1 Å². The number of carbonyl (C=O) groups is 1. The summed E-state index contributed by atoms with van der Waals surface area (Å²) in [7, 11) is 1.74. The molecular formula is C25H33N2O2S+. The zero-order chi connectivity index (χ0) is 20.8. The number of fused-ring (bicyclic) bond motifs is 1. The highest BCUT2D eigenvalue weighted by Crippen LogP contribution is 2.28. The number of thioether (sulfide) groups is 1. The molecule has 0 saturated carbocycles. The van der Waals surface area contributed by atoms with Gasteiger partial charge in [-0.3, -0.25) is 9.80 Å². The Bertz CT molecular complexity index is 834. The van der Waals surface area contributed by atoms with Crippen molar-refractivity contribution in [3.05, 3.63) is 65.2 Å². The molecule has 0 bridgehead atoms. The zero-order valence-corrected chi connectivity index (χ0v) is 18.8. The second-order valence-electron chi connectivity index (χ2n) is 8.50. The highest BCUT2D eigenvalue weighted by atomic mass is 32.2. The van der Waals surface area contributed by atoms with Crippen molar-refractivity contribution >= 4 is 17.8 Å². The van der Waals surface area contributed by atoms with E-state index in [0.29, 0.717) is 11.9 Å². The number of benzene rings is 2. The lowest BCUT2D eigenvalue weighted by molar-refractivity contribution is -0.827. The molecule has 4 nitrogen and oxygen atoms in total. The summed E-state index contributed by atoms with van der Waals surface area (Å²) in [5, 5.41) is 0. The van der Waals surface area contributed by atoms with Crippen LogP contribution in [0.3, 0.4) is 0 Å². The molecule has 2 amide bonds.